The molecule has 2 aliphatic rings. The molecule has 3 nitrogen and oxygen atoms in total. The maximum absolute atomic E-state index is 9.20. The lowest BCUT2D eigenvalue weighted by Gasteiger charge is -2.22. The van der Waals surface area contributed by atoms with Crippen molar-refractivity contribution in [2.75, 3.05) is 6.54 Å². The third-order valence-corrected chi connectivity index (χ3v) is 2.44. The van der Waals surface area contributed by atoms with Gasteiger partial charge in [-0.3, -0.25) is 0 Å². The summed E-state index contributed by atoms with van der Waals surface area (Å²) in [6, 6.07) is 0.171. The van der Waals surface area contributed by atoms with Gasteiger partial charge >= 0.3 is 0 Å². The first-order valence-electron chi connectivity index (χ1n) is 3.38. The number of aliphatic hydroxyl groups is 2. The van der Waals surface area contributed by atoms with Gasteiger partial charge in [-0.1, -0.05) is 0 Å². The Bertz CT molecular complexity index is 110. The number of aliphatic hydroxyl groups excluding tert-OH is 2. The summed E-state index contributed by atoms with van der Waals surface area (Å²) >= 11 is 0. The van der Waals surface area contributed by atoms with Gasteiger partial charge in [-0.05, 0) is 6.42 Å². The monoisotopic (exact) mass is 129 g/mol. The minimum Gasteiger partial charge on any atom is -0.390 e. The van der Waals surface area contributed by atoms with Crippen molar-refractivity contribution in [2.24, 2.45) is 5.92 Å². The molecule has 3 heteroatoms. The van der Waals surface area contributed by atoms with Gasteiger partial charge in [0.15, 0.2) is 0 Å². The van der Waals surface area contributed by atoms with E-state index < -0.39 is 12.2 Å². The molecule has 0 amide bonds. The van der Waals surface area contributed by atoms with Crippen molar-refractivity contribution in [3.63, 3.8) is 0 Å². The minimum atomic E-state index is -0.510. The largest absolute Gasteiger partial charge is 0.390 e. The predicted molar refractivity (Wildman–Crippen MR) is 31.9 cm³/mol. The van der Waals surface area contributed by atoms with Gasteiger partial charge in [0.05, 0.1) is 12.2 Å². The van der Waals surface area contributed by atoms with Crippen LogP contribution in [0.5, 0.6) is 0 Å². The highest BCUT2D eigenvalue weighted by Crippen LogP contribution is 2.31. The average molecular weight is 129 g/mol. The fraction of sp³-hybridized carbons (Fsp3) is 1.00. The fourth-order valence-corrected chi connectivity index (χ4v) is 1.83. The second-order valence-electron chi connectivity index (χ2n) is 2.99. The quantitative estimate of drug-likeness (QED) is 0.381. The van der Waals surface area contributed by atoms with Crippen LogP contribution in [0, 0.1) is 5.92 Å². The molecule has 0 spiro atoms. The molecule has 2 fully saturated rings. The van der Waals surface area contributed by atoms with Crippen molar-refractivity contribution in [2.45, 2.75) is 24.7 Å². The van der Waals surface area contributed by atoms with Crippen LogP contribution >= 0.6 is 0 Å². The smallest absolute Gasteiger partial charge is 0.0954 e. The van der Waals surface area contributed by atoms with Crippen LogP contribution in [0.1, 0.15) is 6.42 Å². The Kier molecular flexibility index (Phi) is 1.06. The molecule has 0 aromatic rings. The van der Waals surface area contributed by atoms with E-state index in [1.165, 1.54) is 0 Å². The van der Waals surface area contributed by atoms with Crippen molar-refractivity contribution in [1.29, 1.82) is 0 Å². The van der Waals surface area contributed by atoms with Crippen LogP contribution in [0.15, 0.2) is 0 Å². The molecule has 52 valence electrons. The summed E-state index contributed by atoms with van der Waals surface area (Å²) in [6.07, 6.45) is -0.0255. The summed E-state index contributed by atoms with van der Waals surface area (Å²) in [4.78, 5) is 0. The SMILES string of the molecule is OC1C2CNC(C2)C1O. The maximum Gasteiger partial charge on any atom is 0.0954 e. The van der Waals surface area contributed by atoms with Crippen LogP contribution in [-0.2, 0) is 0 Å². The predicted octanol–water partition coefficient (Wildman–Crippen LogP) is -1.30. The number of hydrogen-bond acceptors (Lipinski definition) is 3. The molecule has 1 saturated heterocycles. The first-order valence-corrected chi connectivity index (χ1v) is 3.38. The zero-order valence-electron chi connectivity index (χ0n) is 5.12. The number of hydrogen-bond donors (Lipinski definition) is 3. The van der Waals surface area contributed by atoms with Crippen molar-refractivity contribution < 1.29 is 10.2 Å². The van der Waals surface area contributed by atoms with Gasteiger partial charge in [-0.2, -0.15) is 0 Å². The van der Waals surface area contributed by atoms with Crippen LogP contribution in [0.25, 0.3) is 0 Å². The molecule has 4 atom stereocenters. The zero-order chi connectivity index (χ0) is 6.43. The van der Waals surface area contributed by atoms with Gasteiger partial charge in [0, 0.05) is 18.5 Å². The molecule has 0 aromatic heterocycles. The minimum absolute atomic E-state index is 0.171. The Balaban J connectivity index is 2.15. The molecule has 1 aliphatic heterocycles. The molecule has 9 heavy (non-hydrogen) atoms. The van der Waals surface area contributed by atoms with Gasteiger partial charge in [-0.25, -0.2) is 0 Å². The maximum atomic E-state index is 9.20. The molecule has 1 aliphatic carbocycles. The van der Waals surface area contributed by atoms with Gasteiger partial charge in [0.1, 0.15) is 0 Å². The highest BCUT2D eigenvalue weighted by Gasteiger charge is 2.45. The van der Waals surface area contributed by atoms with E-state index in [4.69, 9.17) is 0 Å². The Morgan fingerprint density at radius 1 is 1.22 bits per heavy atom. The van der Waals surface area contributed by atoms with E-state index in [9.17, 15) is 10.2 Å². The van der Waals surface area contributed by atoms with E-state index in [1.54, 1.807) is 0 Å². The van der Waals surface area contributed by atoms with E-state index >= 15 is 0 Å². The molecule has 0 aromatic carbocycles. The summed E-state index contributed by atoms with van der Waals surface area (Å²) in [7, 11) is 0. The fourth-order valence-electron chi connectivity index (χ4n) is 1.83. The molecule has 4 unspecified atom stereocenters. The summed E-state index contributed by atoms with van der Waals surface area (Å²) in [6.45, 7) is 0.878. The van der Waals surface area contributed by atoms with Crippen LogP contribution < -0.4 is 5.32 Å². The first-order chi connectivity index (χ1) is 4.29. The molecule has 1 heterocycles. The van der Waals surface area contributed by atoms with Crippen LogP contribution in [-0.4, -0.2) is 35.0 Å². The highest BCUT2D eigenvalue weighted by atomic mass is 16.3. The Morgan fingerprint density at radius 3 is 2.33 bits per heavy atom. The lowest BCUT2D eigenvalue weighted by molar-refractivity contribution is -0.00445. The molecule has 0 radical (unpaired) electrons. The molecule has 1 saturated carbocycles. The van der Waals surface area contributed by atoms with Gasteiger partial charge in [0.25, 0.3) is 0 Å². The van der Waals surface area contributed by atoms with Gasteiger partial charge in [-0.15, -0.1) is 0 Å². The van der Waals surface area contributed by atoms with E-state index in [-0.39, 0.29) is 6.04 Å². The second-order valence-corrected chi connectivity index (χ2v) is 2.99. The van der Waals surface area contributed by atoms with Crippen LogP contribution in [0.4, 0.5) is 0 Å². The topological polar surface area (TPSA) is 52.5 Å². The van der Waals surface area contributed by atoms with Gasteiger partial charge in [0.2, 0.25) is 0 Å². The molecular formula is C6H11NO2. The van der Waals surface area contributed by atoms with Crippen molar-refractivity contribution in [1.82, 2.24) is 5.32 Å². The lowest BCUT2D eigenvalue weighted by atomic mass is 10.1. The summed E-state index contributed by atoms with van der Waals surface area (Å²) in [5.41, 5.74) is 0. The Morgan fingerprint density at radius 2 is 2.00 bits per heavy atom. The second kappa shape index (κ2) is 1.68. The number of piperidine rings is 1. The Labute approximate surface area is 53.7 Å². The first kappa shape index (κ1) is 5.65. The third-order valence-electron chi connectivity index (χ3n) is 2.44. The van der Waals surface area contributed by atoms with Crippen LogP contribution in [0.2, 0.25) is 0 Å². The van der Waals surface area contributed by atoms with E-state index in [2.05, 4.69) is 5.32 Å². The molecule has 2 bridgehead atoms. The van der Waals surface area contributed by atoms with E-state index in [0.717, 1.165) is 13.0 Å². The number of rotatable bonds is 0. The van der Waals surface area contributed by atoms with E-state index in [1.807, 2.05) is 0 Å². The van der Waals surface area contributed by atoms with Crippen LogP contribution in [0.3, 0.4) is 0 Å². The highest BCUT2D eigenvalue weighted by molar-refractivity contribution is 5.01. The van der Waals surface area contributed by atoms with Crippen molar-refractivity contribution in [3.05, 3.63) is 0 Å². The zero-order valence-corrected chi connectivity index (χ0v) is 5.12. The third kappa shape index (κ3) is 0.625. The summed E-state index contributed by atoms with van der Waals surface area (Å²) in [5, 5.41) is 21.5. The number of fused-ring (bicyclic) bond motifs is 2. The molecular weight excluding hydrogens is 118 g/mol. The van der Waals surface area contributed by atoms with E-state index in [0.29, 0.717) is 5.92 Å². The van der Waals surface area contributed by atoms with Crippen molar-refractivity contribution in [3.8, 4) is 0 Å². The average Bonchev–Trinajstić information content (AvgIpc) is 2.37. The van der Waals surface area contributed by atoms with Gasteiger partial charge < -0.3 is 15.5 Å². The normalized spacial score (nSPS) is 56.7. The lowest BCUT2D eigenvalue weighted by Crippen LogP contribution is -2.45. The summed E-state index contributed by atoms with van der Waals surface area (Å²) < 4.78 is 0. The Hall–Kier alpha value is -0.120. The molecule has 2 rings (SSSR count). The standard InChI is InChI=1S/C6H11NO2/c8-5-3-1-4(6(5)9)7-2-3/h3-9H,1-2H2. The molecule has 3 N–H and O–H groups in total. The summed E-state index contributed by atoms with van der Waals surface area (Å²) in [5.74, 6) is 0.310. The van der Waals surface area contributed by atoms with Crippen molar-refractivity contribution >= 4 is 0 Å². The number of nitrogens with one attached hydrogen (secondary N) is 1.